The molecule has 1 aliphatic rings. The van der Waals surface area contributed by atoms with Crippen LogP contribution in [0.5, 0.6) is 0 Å². The normalized spacial score (nSPS) is 15.5. The number of benzene rings is 3. The summed E-state index contributed by atoms with van der Waals surface area (Å²) in [4.78, 5) is 25.1. The molecule has 0 saturated heterocycles. The van der Waals surface area contributed by atoms with Gasteiger partial charge in [0.15, 0.2) is 0 Å². The molecule has 3 aromatic rings. The molecule has 0 saturated carbocycles. The standard InChI is InChI=1S/C28H29NO4/c1-4-28(5-2)18-10-16-23(25-19(3)11-8-17-24(25)29(31)32)26(28)33-27(30)22-15-9-13-20-12-6-7-14-21(20)22/h6-9,11-15,17H,4-5,10,16,18H2,1-3H3. The zero-order valence-electron chi connectivity index (χ0n) is 19.4. The summed E-state index contributed by atoms with van der Waals surface area (Å²) in [5.74, 6) is 0.192. The van der Waals surface area contributed by atoms with Gasteiger partial charge in [-0.2, -0.15) is 0 Å². The predicted molar refractivity (Wildman–Crippen MR) is 131 cm³/mol. The van der Waals surface area contributed by atoms with Crippen LogP contribution in [0, 0.1) is 22.5 Å². The Hall–Kier alpha value is -3.47. The number of rotatable bonds is 6. The Balaban J connectivity index is 1.91. The van der Waals surface area contributed by atoms with E-state index >= 15 is 0 Å². The number of carbonyl (C=O) groups excluding carboxylic acids is 1. The number of esters is 1. The summed E-state index contributed by atoms with van der Waals surface area (Å²) in [6.45, 7) is 6.09. The van der Waals surface area contributed by atoms with Crippen LogP contribution in [-0.4, -0.2) is 10.9 Å². The maximum atomic E-state index is 13.5. The summed E-state index contributed by atoms with van der Waals surface area (Å²) in [6, 6.07) is 18.5. The molecule has 170 valence electrons. The monoisotopic (exact) mass is 443 g/mol. The quantitative estimate of drug-likeness (QED) is 0.223. The highest BCUT2D eigenvalue weighted by atomic mass is 16.6. The second-order valence-corrected chi connectivity index (χ2v) is 8.79. The van der Waals surface area contributed by atoms with Crippen molar-refractivity contribution in [2.75, 3.05) is 0 Å². The highest BCUT2D eigenvalue weighted by Gasteiger charge is 2.41. The largest absolute Gasteiger partial charge is 0.427 e. The minimum Gasteiger partial charge on any atom is -0.427 e. The Bertz CT molecular complexity index is 1250. The van der Waals surface area contributed by atoms with Gasteiger partial charge in [-0.15, -0.1) is 0 Å². The molecule has 0 N–H and O–H groups in total. The molecule has 0 fully saturated rings. The van der Waals surface area contributed by atoms with E-state index in [4.69, 9.17) is 4.74 Å². The molecule has 0 aromatic heterocycles. The van der Waals surface area contributed by atoms with Gasteiger partial charge in [-0.25, -0.2) is 4.79 Å². The maximum Gasteiger partial charge on any atom is 0.343 e. The fraction of sp³-hybridized carbons (Fsp3) is 0.321. The average Bonchev–Trinajstić information content (AvgIpc) is 2.83. The topological polar surface area (TPSA) is 69.4 Å². The minimum atomic E-state index is -0.413. The molecule has 1 aliphatic carbocycles. The average molecular weight is 444 g/mol. The number of ether oxygens (including phenoxy) is 1. The zero-order chi connectivity index (χ0) is 23.6. The first kappa shape index (κ1) is 22.7. The lowest BCUT2D eigenvalue weighted by molar-refractivity contribution is -0.385. The molecule has 5 nitrogen and oxygen atoms in total. The Morgan fingerprint density at radius 1 is 1.03 bits per heavy atom. The minimum absolute atomic E-state index is 0.0618. The van der Waals surface area contributed by atoms with Crippen molar-refractivity contribution in [1.82, 2.24) is 0 Å². The van der Waals surface area contributed by atoms with E-state index in [0.717, 1.165) is 47.6 Å². The molecule has 0 radical (unpaired) electrons. The van der Waals surface area contributed by atoms with Gasteiger partial charge in [0.2, 0.25) is 0 Å². The van der Waals surface area contributed by atoms with E-state index in [9.17, 15) is 14.9 Å². The van der Waals surface area contributed by atoms with Gasteiger partial charge >= 0.3 is 5.97 Å². The van der Waals surface area contributed by atoms with Gasteiger partial charge in [0.1, 0.15) is 5.76 Å². The number of aryl methyl sites for hydroxylation is 1. The van der Waals surface area contributed by atoms with Crippen molar-refractivity contribution in [3.05, 3.63) is 93.2 Å². The van der Waals surface area contributed by atoms with Crippen LogP contribution in [-0.2, 0) is 4.74 Å². The first-order valence-electron chi connectivity index (χ1n) is 11.6. The van der Waals surface area contributed by atoms with E-state index in [1.807, 2.05) is 49.4 Å². The summed E-state index contributed by atoms with van der Waals surface area (Å²) in [7, 11) is 0. The van der Waals surface area contributed by atoms with Crippen LogP contribution in [0.1, 0.15) is 67.4 Å². The number of allylic oxidation sites excluding steroid dienone is 2. The summed E-state index contributed by atoms with van der Waals surface area (Å²) >= 11 is 0. The summed E-state index contributed by atoms with van der Waals surface area (Å²) in [5.41, 5.74) is 2.44. The van der Waals surface area contributed by atoms with Gasteiger partial charge in [-0.05, 0) is 61.4 Å². The lowest BCUT2D eigenvalue weighted by Gasteiger charge is -2.39. The summed E-state index contributed by atoms with van der Waals surface area (Å²) in [6.07, 6.45) is 4.03. The maximum absolute atomic E-state index is 13.5. The van der Waals surface area contributed by atoms with Crippen molar-refractivity contribution in [2.45, 2.75) is 52.9 Å². The van der Waals surface area contributed by atoms with Crippen LogP contribution in [0.4, 0.5) is 5.69 Å². The third kappa shape index (κ3) is 4.04. The number of nitro groups is 1. The SMILES string of the molecule is CCC1(CC)CCCC(c2c(C)cccc2[N+](=O)[O-])=C1OC(=O)c1cccc2ccccc12. The number of hydrogen-bond acceptors (Lipinski definition) is 4. The number of carbonyl (C=O) groups is 1. The fourth-order valence-corrected chi connectivity index (χ4v) is 5.23. The van der Waals surface area contributed by atoms with E-state index in [2.05, 4.69) is 13.8 Å². The van der Waals surface area contributed by atoms with E-state index in [0.29, 0.717) is 23.3 Å². The number of hydrogen-bond donors (Lipinski definition) is 0. The third-order valence-corrected chi connectivity index (χ3v) is 7.14. The van der Waals surface area contributed by atoms with Crippen molar-refractivity contribution in [2.24, 2.45) is 5.41 Å². The van der Waals surface area contributed by atoms with Crippen molar-refractivity contribution in [1.29, 1.82) is 0 Å². The lowest BCUT2D eigenvalue weighted by atomic mass is 9.69. The van der Waals surface area contributed by atoms with Crippen molar-refractivity contribution >= 4 is 28.0 Å². The lowest BCUT2D eigenvalue weighted by Crippen LogP contribution is -2.29. The molecule has 0 atom stereocenters. The molecule has 33 heavy (non-hydrogen) atoms. The van der Waals surface area contributed by atoms with Gasteiger partial charge in [0, 0.05) is 17.1 Å². The molecule has 5 heteroatoms. The first-order valence-corrected chi connectivity index (χ1v) is 11.6. The van der Waals surface area contributed by atoms with E-state index < -0.39 is 5.97 Å². The first-order chi connectivity index (χ1) is 15.9. The zero-order valence-corrected chi connectivity index (χ0v) is 19.4. The molecule has 0 spiro atoms. The van der Waals surface area contributed by atoms with Gasteiger partial charge in [-0.3, -0.25) is 10.1 Å². The Morgan fingerprint density at radius 2 is 1.73 bits per heavy atom. The molecule has 0 heterocycles. The molecule has 0 unspecified atom stereocenters. The summed E-state index contributed by atoms with van der Waals surface area (Å²) < 4.78 is 6.26. The number of nitrogens with zero attached hydrogens (tertiary/aromatic N) is 1. The Kier molecular flexibility index (Phi) is 6.32. The molecular weight excluding hydrogens is 414 g/mol. The van der Waals surface area contributed by atoms with E-state index in [1.54, 1.807) is 12.1 Å². The second kappa shape index (κ2) is 9.18. The van der Waals surface area contributed by atoms with Crippen LogP contribution in [0.3, 0.4) is 0 Å². The highest BCUT2D eigenvalue weighted by Crippen LogP contribution is 2.51. The third-order valence-electron chi connectivity index (χ3n) is 7.14. The smallest absolute Gasteiger partial charge is 0.343 e. The molecular formula is C28H29NO4. The molecule has 0 bridgehead atoms. The van der Waals surface area contributed by atoms with Gasteiger partial charge < -0.3 is 4.74 Å². The second-order valence-electron chi connectivity index (χ2n) is 8.79. The summed E-state index contributed by atoms with van der Waals surface area (Å²) in [5, 5.41) is 13.7. The highest BCUT2D eigenvalue weighted by molar-refractivity contribution is 6.05. The van der Waals surface area contributed by atoms with Crippen LogP contribution in [0.25, 0.3) is 16.3 Å². The molecule has 3 aromatic carbocycles. The molecule has 0 aliphatic heterocycles. The number of nitro benzene ring substituents is 1. The van der Waals surface area contributed by atoms with Crippen LogP contribution < -0.4 is 0 Å². The Labute approximate surface area is 194 Å². The van der Waals surface area contributed by atoms with Crippen molar-refractivity contribution in [3.63, 3.8) is 0 Å². The molecule has 4 rings (SSSR count). The van der Waals surface area contributed by atoms with E-state index in [-0.39, 0.29) is 16.0 Å². The van der Waals surface area contributed by atoms with Crippen LogP contribution >= 0.6 is 0 Å². The predicted octanol–water partition coefficient (Wildman–Crippen LogP) is 7.61. The van der Waals surface area contributed by atoms with Crippen LogP contribution in [0.15, 0.2) is 66.4 Å². The van der Waals surface area contributed by atoms with Gasteiger partial charge in [0.05, 0.1) is 16.1 Å². The van der Waals surface area contributed by atoms with Gasteiger partial charge in [0.25, 0.3) is 5.69 Å². The van der Waals surface area contributed by atoms with Crippen molar-refractivity contribution < 1.29 is 14.5 Å². The van der Waals surface area contributed by atoms with E-state index in [1.165, 1.54) is 6.07 Å². The molecule has 0 amide bonds. The van der Waals surface area contributed by atoms with Crippen LogP contribution in [0.2, 0.25) is 0 Å². The van der Waals surface area contributed by atoms with Gasteiger partial charge in [-0.1, -0.05) is 62.4 Å². The number of fused-ring (bicyclic) bond motifs is 1. The van der Waals surface area contributed by atoms with Crippen molar-refractivity contribution in [3.8, 4) is 0 Å². The Morgan fingerprint density at radius 3 is 2.45 bits per heavy atom. The fourth-order valence-electron chi connectivity index (χ4n) is 5.23.